The third-order valence-electron chi connectivity index (χ3n) is 5.28. The first-order valence-electron chi connectivity index (χ1n) is 13.9. The number of hydrogen-bond acceptors (Lipinski definition) is 7. The van der Waals surface area contributed by atoms with E-state index in [1.165, 1.54) is 25.0 Å². The van der Waals surface area contributed by atoms with Gasteiger partial charge in [-0.1, -0.05) is 93.0 Å². The molecule has 0 heterocycles. The fourth-order valence-electron chi connectivity index (χ4n) is 2.99. The van der Waals surface area contributed by atoms with Gasteiger partial charge in [0.05, 0.1) is 33.9 Å². The summed E-state index contributed by atoms with van der Waals surface area (Å²) in [5.41, 5.74) is 0. The Balaban J connectivity index is 3.99. The first kappa shape index (κ1) is 37.9. The average molecular weight is 585 g/mol. The molecule has 40 heavy (non-hydrogen) atoms. The molecule has 0 aromatic rings. The van der Waals surface area contributed by atoms with Gasteiger partial charge in [0.2, 0.25) is 0 Å². The third kappa shape index (κ3) is 27.5. The first-order chi connectivity index (χ1) is 18.9. The number of hydrogen-bond donors (Lipinski definition) is 3. The highest BCUT2D eigenvalue weighted by atomic mass is 31.2. The van der Waals surface area contributed by atoms with E-state index in [2.05, 4.69) is 13.0 Å². The van der Waals surface area contributed by atoms with E-state index in [1.807, 2.05) is 57.6 Å². The maximum absolute atomic E-state index is 11.8. The fourth-order valence-corrected chi connectivity index (χ4v) is 3.74. The van der Waals surface area contributed by atoms with Gasteiger partial charge in [-0.3, -0.25) is 9.05 Å². The Morgan fingerprint density at radius 1 is 0.800 bits per heavy atom. The number of likely N-dealkylation sites (N-methyl/N-ethyl adjacent to an activating group) is 1. The summed E-state index contributed by atoms with van der Waals surface area (Å²) >= 11 is 0. The summed E-state index contributed by atoms with van der Waals surface area (Å²) in [6.45, 7) is 1.79. The van der Waals surface area contributed by atoms with Crippen LogP contribution in [0, 0.1) is 0 Å². The number of rotatable bonds is 23. The van der Waals surface area contributed by atoms with Crippen molar-refractivity contribution in [1.82, 2.24) is 0 Å². The zero-order valence-electron chi connectivity index (χ0n) is 24.6. The predicted octanol–water partition coefficient (Wildman–Crippen LogP) is 5.18. The highest BCUT2D eigenvalue weighted by molar-refractivity contribution is 7.47. The normalized spacial score (nSPS) is 16.3. The fraction of sp³-hybridized carbons (Fsp3) is 0.567. The summed E-state index contributed by atoms with van der Waals surface area (Å²) in [4.78, 5) is 21.3. The van der Waals surface area contributed by atoms with Crippen molar-refractivity contribution < 1.29 is 42.7 Å². The van der Waals surface area contributed by atoms with Gasteiger partial charge in [0.1, 0.15) is 25.9 Å². The molecule has 3 atom stereocenters. The molecule has 0 aliphatic rings. The summed E-state index contributed by atoms with van der Waals surface area (Å²) in [5.74, 6) is -0.666. The van der Waals surface area contributed by atoms with Crippen molar-refractivity contribution in [2.45, 2.75) is 64.1 Å². The van der Waals surface area contributed by atoms with Crippen molar-refractivity contribution in [2.24, 2.45) is 0 Å². The van der Waals surface area contributed by atoms with Crippen LogP contribution in [0.4, 0.5) is 0 Å². The van der Waals surface area contributed by atoms with Crippen LogP contribution < -0.4 is 0 Å². The lowest BCUT2D eigenvalue weighted by Crippen LogP contribution is -2.37. The van der Waals surface area contributed by atoms with Gasteiger partial charge >= 0.3 is 13.8 Å². The van der Waals surface area contributed by atoms with Crippen LogP contribution >= 0.6 is 7.82 Å². The van der Waals surface area contributed by atoms with Gasteiger partial charge in [0.15, 0.2) is 0 Å². The second kappa shape index (κ2) is 23.6. The van der Waals surface area contributed by atoms with Gasteiger partial charge in [-0.15, -0.1) is 0 Å². The van der Waals surface area contributed by atoms with Crippen LogP contribution in [-0.4, -0.2) is 85.3 Å². The number of aliphatic hydroxyl groups is 2. The quantitative estimate of drug-likeness (QED) is 0.0375. The molecule has 0 aliphatic carbocycles. The molecule has 0 spiro atoms. The summed E-state index contributed by atoms with van der Waals surface area (Å²) in [6, 6.07) is 0. The lowest BCUT2D eigenvalue weighted by atomic mass is 10.1. The van der Waals surface area contributed by atoms with E-state index in [0.717, 1.165) is 32.1 Å². The molecule has 10 heteroatoms. The number of ether oxygens (including phenoxy) is 1. The molecule has 0 aromatic heterocycles. The number of aliphatic hydroxyl groups excluding tert-OH is 2. The molecule has 0 aliphatic heterocycles. The number of nitrogens with zero attached hydrogens (tertiary/aromatic N) is 1. The number of quaternary nitrogens is 1. The number of phosphoric ester groups is 1. The molecule has 2 unspecified atom stereocenters. The monoisotopic (exact) mass is 584 g/mol. The van der Waals surface area contributed by atoms with Gasteiger partial charge in [-0.2, -0.15) is 0 Å². The van der Waals surface area contributed by atoms with E-state index in [4.69, 9.17) is 13.8 Å². The number of phosphoric acid groups is 1. The zero-order valence-corrected chi connectivity index (χ0v) is 25.5. The molecule has 0 aromatic carbocycles. The summed E-state index contributed by atoms with van der Waals surface area (Å²) in [6.07, 6.45) is 27.3. The molecular formula is C30H51NO8P+. The van der Waals surface area contributed by atoms with Crippen LogP contribution in [0.1, 0.15) is 51.9 Å². The largest absolute Gasteiger partial charge is 0.472 e. The Morgan fingerprint density at radius 2 is 1.38 bits per heavy atom. The molecule has 0 bridgehead atoms. The summed E-state index contributed by atoms with van der Waals surface area (Å²) in [7, 11) is 1.45. The second-order valence-electron chi connectivity index (χ2n) is 10.3. The Bertz CT molecular complexity index is 887. The Labute approximate surface area is 241 Å². The minimum absolute atomic E-state index is 0.0216. The number of unbranched alkanes of at least 4 members (excludes halogenated alkanes) is 3. The highest BCUT2D eigenvalue weighted by Gasteiger charge is 2.24. The molecule has 9 nitrogen and oxygen atoms in total. The molecular weight excluding hydrogens is 533 g/mol. The molecule has 228 valence electrons. The number of carbonyl (C=O) groups is 1. The van der Waals surface area contributed by atoms with Crippen molar-refractivity contribution >= 4 is 13.8 Å². The standard InChI is InChI=1S/C30H50NO8P/c1-5-6-18-21-28(32)22-19-16-14-12-10-8-7-9-11-13-15-17-20-23-30(34)37-26-29(33)27-39-40(35,36)38-25-24-31(2,3)4/h7-15,17,20,23,28-29,32-33H,5-6,16,18-19,21-22,24-27H2,1-4H3/p+1/b9-7+,10-8+,13-11+,14-12+,17-15+,23-20+/t28?,29-/m0/s1. The molecule has 0 saturated carbocycles. The van der Waals surface area contributed by atoms with Crippen molar-refractivity contribution in [2.75, 3.05) is 47.5 Å². The maximum Gasteiger partial charge on any atom is 0.472 e. The van der Waals surface area contributed by atoms with Crippen molar-refractivity contribution in [3.05, 3.63) is 72.9 Å². The van der Waals surface area contributed by atoms with Gasteiger partial charge < -0.3 is 24.3 Å². The van der Waals surface area contributed by atoms with Crippen molar-refractivity contribution in [1.29, 1.82) is 0 Å². The maximum atomic E-state index is 11.8. The molecule has 0 amide bonds. The molecule has 3 N–H and O–H groups in total. The van der Waals surface area contributed by atoms with E-state index < -0.39 is 26.5 Å². The van der Waals surface area contributed by atoms with Gasteiger partial charge in [-0.25, -0.2) is 9.36 Å². The number of esters is 1. The Hall–Kier alpha value is -2.10. The van der Waals surface area contributed by atoms with Crippen LogP contribution in [-0.2, 0) is 23.1 Å². The Kier molecular flexibility index (Phi) is 22.4. The SMILES string of the molecule is CCCCCC(O)CCC/C=C/C=C/C=C/C=C/C=C/C=C/C(=O)OC[C@H](O)COP(=O)(O)OCC[N+](C)(C)C. The smallest absolute Gasteiger partial charge is 0.460 e. The highest BCUT2D eigenvalue weighted by Crippen LogP contribution is 2.43. The Morgan fingerprint density at radius 3 is 1.98 bits per heavy atom. The van der Waals surface area contributed by atoms with Crippen LogP contribution in [0.15, 0.2) is 72.9 Å². The molecule has 0 radical (unpaired) electrons. The van der Waals surface area contributed by atoms with Crippen LogP contribution in [0.25, 0.3) is 0 Å². The van der Waals surface area contributed by atoms with E-state index in [9.17, 15) is 24.5 Å². The van der Waals surface area contributed by atoms with Crippen LogP contribution in [0.3, 0.4) is 0 Å². The second-order valence-corrected chi connectivity index (χ2v) is 11.8. The van der Waals surface area contributed by atoms with Crippen LogP contribution in [0.5, 0.6) is 0 Å². The summed E-state index contributed by atoms with van der Waals surface area (Å²) in [5, 5.41) is 19.7. The van der Waals surface area contributed by atoms with E-state index in [0.29, 0.717) is 11.0 Å². The average Bonchev–Trinajstić information content (AvgIpc) is 2.87. The van der Waals surface area contributed by atoms with Crippen molar-refractivity contribution in [3.8, 4) is 0 Å². The lowest BCUT2D eigenvalue weighted by molar-refractivity contribution is -0.870. The van der Waals surface area contributed by atoms with Crippen molar-refractivity contribution in [3.63, 3.8) is 0 Å². The van der Waals surface area contributed by atoms with Gasteiger partial charge in [0.25, 0.3) is 0 Å². The molecule has 0 saturated heterocycles. The lowest BCUT2D eigenvalue weighted by Gasteiger charge is -2.24. The van der Waals surface area contributed by atoms with E-state index in [-0.39, 0.29) is 19.3 Å². The molecule has 0 fully saturated rings. The van der Waals surface area contributed by atoms with Gasteiger partial charge in [0, 0.05) is 6.08 Å². The number of allylic oxidation sites excluding steroid dienone is 11. The molecule has 0 rings (SSSR count). The topological polar surface area (TPSA) is 123 Å². The minimum atomic E-state index is -4.29. The zero-order chi connectivity index (χ0) is 30.1. The predicted molar refractivity (Wildman–Crippen MR) is 160 cm³/mol. The van der Waals surface area contributed by atoms with Crippen LogP contribution in [0.2, 0.25) is 0 Å². The van der Waals surface area contributed by atoms with E-state index >= 15 is 0 Å². The third-order valence-corrected chi connectivity index (χ3v) is 6.27. The minimum Gasteiger partial charge on any atom is -0.460 e. The van der Waals surface area contributed by atoms with E-state index in [1.54, 1.807) is 18.2 Å². The number of carbonyl (C=O) groups excluding carboxylic acids is 1. The summed E-state index contributed by atoms with van der Waals surface area (Å²) < 4.78 is 26.8. The first-order valence-corrected chi connectivity index (χ1v) is 15.4. The van der Waals surface area contributed by atoms with Gasteiger partial charge in [-0.05, 0) is 25.7 Å².